The van der Waals surface area contributed by atoms with Gasteiger partial charge in [-0.3, -0.25) is 0 Å². The van der Waals surface area contributed by atoms with Crippen LogP contribution in [0.3, 0.4) is 0 Å². The second-order valence-corrected chi connectivity index (χ2v) is 32.9. The number of unbranched alkanes of at least 4 members (excludes halogenated alkanes) is 3. The van der Waals surface area contributed by atoms with Crippen molar-refractivity contribution in [3.8, 4) is 108 Å². The molecule has 0 unspecified atom stereocenters. The first kappa shape index (κ1) is 75.3. The highest BCUT2D eigenvalue weighted by molar-refractivity contribution is 7.13. The molecule has 9 aromatic rings. The van der Waals surface area contributed by atoms with Crippen molar-refractivity contribution in [2.45, 2.75) is 119 Å². The monoisotopic (exact) mass is 1310 g/mol. The standard InChI is InChI=1S/C12H16S.C9H12SSi.2C9H8S.2C8H8S.2C7H6S.C6H3FS/c1-3-5-6-7-8-11-9-10-13-12(11)4-2;1-11(2,3)7-5-9-4-6-10-8-9;1-2-9(10-7-1)6-5-8-3-4-8;1-8(2)5-6-9-4-3-7-10-9;1-3-4-8-6-5-7(2)9-8;1-3-7-5-6-9-8(7)4-2;1-3-7-5-4-6(2)8-7;1-2-4-7-5-3-6-8-7;7-4-3-6-2-1-5-8-6/h2,9-10H,3,5-8H2,1H3;4,6,8H,1-3H3;1-2,7-8H,3-4H2;3-4,7H,1H2,2H3;5-6H,1-2H3;2,5-6H,3H2,1H3;1,4-5H,2H3;1,3,5-6H,4H2;1-2,5H. The third-order valence-corrected chi connectivity index (χ3v) is 18.8. The molecule has 0 aliphatic heterocycles. The van der Waals surface area contributed by atoms with Crippen molar-refractivity contribution in [3.05, 3.63) is 212 Å². The minimum Gasteiger partial charge on any atom is -0.151 e. The SMILES string of the molecule is C#CCc1cccs1.C#Cc1ccc(C)s1.C#Cc1sccc1CC.C#Cc1sccc1CCCCCC.C(#CC1CC1)c1cccs1.C=C(C)C#Cc1cccs1.CC#Cc1ccc(C)s1.C[Si](C)(C)C#Cc1ccsc1.FC#Cc1cccs1. The highest BCUT2D eigenvalue weighted by atomic mass is 32.1. The van der Waals surface area contributed by atoms with E-state index in [1.165, 1.54) is 86.7 Å². The number of hydrogen-bond acceptors (Lipinski definition) is 9. The number of thiophene rings is 9. The molecular weight excluding hydrogens is 1240 g/mol. The summed E-state index contributed by atoms with van der Waals surface area (Å²) in [6.07, 6.45) is 33.0. The van der Waals surface area contributed by atoms with Crippen LogP contribution in [0.4, 0.5) is 4.39 Å². The summed E-state index contributed by atoms with van der Waals surface area (Å²) >= 11 is 14.9. The van der Waals surface area contributed by atoms with Gasteiger partial charge in [-0.2, -0.15) is 11.3 Å². The van der Waals surface area contributed by atoms with Crippen LogP contribution < -0.4 is 0 Å². The molecule has 0 nitrogen and oxygen atoms in total. The fourth-order valence-corrected chi connectivity index (χ4v) is 12.5. The van der Waals surface area contributed by atoms with E-state index in [0.717, 1.165) is 65.6 Å². The number of hydrogen-bond donors (Lipinski definition) is 0. The third-order valence-electron chi connectivity index (χ3n) is 10.4. The molecule has 0 amide bonds. The Hall–Kier alpha value is -6.77. The first-order valence-corrected chi connectivity index (χ1v) is 39.0. The lowest BCUT2D eigenvalue weighted by Gasteiger charge is -2.02. The summed E-state index contributed by atoms with van der Waals surface area (Å²) in [4.78, 5) is 11.3. The number of halogens is 1. The van der Waals surface area contributed by atoms with E-state index in [0.29, 0.717) is 0 Å². The van der Waals surface area contributed by atoms with Crippen molar-refractivity contribution >= 4 is 110 Å². The van der Waals surface area contributed by atoms with E-state index >= 15 is 0 Å². The zero-order valence-corrected chi connectivity index (χ0v) is 59.1. The van der Waals surface area contributed by atoms with Crippen molar-refractivity contribution in [2.75, 3.05) is 0 Å². The quantitative estimate of drug-likeness (QED) is 0.0848. The molecule has 0 saturated heterocycles. The van der Waals surface area contributed by atoms with E-state index in [1.807, 2.05) is 90.8 Å². The maximum atomic E-state index is 11.2. The molecule has 0 aromatic carbocycles. The summed E-state index contributed by atoms with van der Waals surface area (Å²) in [6, 6.07) is 30.2. The predicted octanol–water partition coefficient (Wildman–Crippen LogP) is 22.7. The Balaban J connectivity index is 0.000000331. The van der Waals surface area contributed by atoms with Crippen LogP contribution in [-0.4, -0.2) is 8.07 Å². The predicted molar refractivity (Wildman–Crippen MR) is 394 cm³/mol. The first-order valence-electron chi connectivity index (χ1n) is 27.6. The van der Waals surface area contributed by atoms with E-state index in [9.17, 15) is 4.39 Å². The molecule has 1 saturated carbocycles. The zero-order valence-electron chi connectivity index (χ0n) is 50.8. The van der Waals surface area contributed by atoms with Gasteiger partial charge in [-0.25, -0.2) is 0 Å². The van der Waals surface area contributed by atoms with Crippen LogP contribution in [0.2, 0.25) is 19.6 Å². The molecule has 1 aliphatic rings. The molecule has 10 rings (SSSR count). The van der Waals surface area contributed by atoms with Gasteiger partial charge in [-0.05, 0) is 187 Å². The lowest BCUT2D eigenvalue weighted by molar-refractivity contribution is 0.667. The molecule has 1 fully saturated rings. The van der Waals surface area contributed by atoms with Crippen molar-refractivity contribution < 1.29 is 4.39 Å². The van der Waals surface area contributed by atoms with Crippen LogP contribution >= 0.6 is 102 Å². The van der Waals surface area contributed by atoms with Crippen LogP contribution in [0.5, 0.6) is 0 Å². The minimum absolute atomic E-state index is 0.724. The normalized spacial score (nSPS) is 9.70. The van der Waals surface area contributed by atoms with Gasteiger partial charge in [0.2, 0.25) is 0 Å². The summed E-state index contributed by atoms with van der Waals surface area (Å²) < 4.78 is 11.2. The minimum atomic E-state index is -1.17. The van der Waals surface area contributed by atoms with Gasteiger partial charge in [-0.15, -0.1) is 138 Å². The molecule has 9 aromatic heterocycles. The summed E-state index contributed by atoms with van der Waals surface area (Å²) in [5, 5.41) is 16.3. The highest BCUT2D eigenvalue weighted by Gasteiger charge is 2.17. The average molecular weight is 1310 g/mol. The van der Waals surface area contributed by atoms with Gasteiger partial charge in [0.25, 0.3) is 0 Å². The van der Waals surface area contributed by atoms with Gasteiger partial charge < -0.3 is 0 Å². The summed E-state index contributed by atoms with van der Waals surface area (Å²) in [5.41, 5.74) is 8.05. The van der Waals surface area contributed by atoms with E-state index in [4.69, 9.17) is 25.7 Å². The maximum Gasteiger partial charge on any atom is 0.129 e. The van der Waals surface area contributed by atoms with E-state index < -0.39 is 8.07 Å². The molecular formula is C75H75FS9Si. The van der Waals surface area contributed by atoms with Gasteiger partial charge in [-0.1, -0.05) is 137 Å². The van der Waals surface area contributed by atoms with Crippen LogP contribution in [0.25, 0.3) is 0 Å². The molecule has 0 bridgehead atoms. The van der Waals surface area contributed by atoms with E-state index in [1.54, 1.807) is 96.8 Å². The first-order chi connectivity index (χ1) is 41.6. The Kier molecular flexibility index (Phi) is 41.5. The van der Waals surface area contributed by atoms with Crippen molar-refractivity contribution in [3.63, 3.8) is 0 Å². The van der Waals surface area contributed by atoms with Gasteiger partial charge in [0.1, 0.15) is 14.2 Å². The van der Waals surface area contributed by atoms with Crippen LogP contribution in [-0.2, 0) is 19.3 Å². The molecule has 11 heteroatoms. The molecule has 440 valence electrons. The number of allylic oxidation sites excluding steroid dienone is 1. The highest BCUT2D eigenvalue weighted by Crippen LogP contribution is 2.28. The molecule has 0 N–H and O–H groups in total. The van der Waals surface area contributed by atoms with Crippen LogP contribution in [0.1, 0.15) is 132 Å². The molecule has 0 atom stereocenters. The average Bonchev–Trinajstić information content (AvgIpc) is 4.50. The molecule has 0 radical (unpaired) electrons. The zero-order chi connectivity index (χ0) is 63.1. The second-order valence-electron chi connectivity index (χ2n) is 19.0. The van der Waals surface area contributed by atoms with Gasteiger partial charge in [0.05, 0.1) is 34.1 Å². The molecule has 0 spiro atoms. The fraction of sp³-hybridized carbons (Fsp3) is 0.253. The van der Waals surface area contributed by atoms with Gasteiger partial charge in [0, 0.05) is 37.9 Å². The number of terminal acetylenes is 4. The molecule has 86 heavy (non-hydrogen) atoms. The van der Waals surface area contributed by atoms with E-state index in [-0.39, 0.29) is 0 Å². The van der Waals surface area contributed by atoms with Crippen LogP contribution in [0.15, 0.2) is 146 Å². The third kappa shape index (κ3) is 38.3. The molecule has 9 heterocycles. The maximum absolute atomic E-state index is 11.2. The summed E-state index contributed by atoms with van der Waals surface area (Å²) in [6.45, 7) is 22.7. The second kappa shape index (κ2) is 47.4. The van der Waals surface area contributed by atoms with E-state index in [2.05, 4.69) is 181 Å². The van der Waals surface area contributed by atoms with Crippen LogP contribution in [0, 0.1) is 128 Å². The Morgan fingerprint density at radius 3 is 1.58 bits per heavy atom. The lowest BCUT2D eigenvalue weighted by atomic mass is 10.1. The van der Waals surface area contributed by atoms with Gasteiger partial charge in [0.15, 0.2) is 0 Å². The lowest BCUT2D eigenvalue weighted by Crippen LogP contribution is -2.16. The van der Waals surface area contributed by atoms with Crippen molar-refractivity contribution in [2.24, 2.45) is 5.92 Å². The molecule has 1 aliphatic carbocycles. The van der Waals surface area contributed by atoms with Gasteiger partial charge >= 0.3 is 0 Å². The smallest absolute Gasteiger partial charge is 0.129 e. The van der Waals surface area contributed by atoms with Crippen molar-refractivity contribution in [1.29, 1.82) is 0 Å². The summed E-state index contributed by atoms with van der Waals surface area (Å²) in [5.74, 6) is 34.9. The topological polar surface area (TPSA) is 0 Å². The Bertz CT molecular complexity index is 3730. The number of aryl methyl sites for hydroxylation is 4. The van der Waals surface area contributed by atoms with Crippen molar-refractivity contribution in [1.82, 2.24) is 0 Å². The fourth-order valence-electron chi connectivity index (χ4n) is 6.05. The Labute approximate surface area is 554 Å². The number of rotatable bonds is 7. The Morgan fingerprint density at radius 2 is 1.16 bits per heavy atom. The Morgan fingerprint density at radius 1 is 0.593 bits per heavy atom. The summed E-state index contributed by atoms with van der Waals surface area (Å²) in [7, 11) is -1.17. The largest absolute Gasteiger partial charge is 0.151 e.